The second-order valence-corrected chi connectivity index (χ2v) is 5.28. The zero-order valence-corrected chi connectivity index (χ0v) is 13.3. The Bertz CT molecular complexity index is 778. The normalized spacial score (nSPS) is 12.1. The molecule has 0 fully saturated rings. The van der Waals surface area contributed by atoms with Crippen LogP contribution in [0.3, 0.4) is 0 Å². The number of hydrogen-bond acceptors (Lipinski definition) is 4. The number of carbonyl (C=O) groups is 1. The number of halogens is 1. The number of rotatable bonds is 7. The zero-order chi connectivity index (χ0) is 18.2. The highest BCUT2D eigenvalue weighted by Crippen LogP contribution is 2.21. The van der Waals surface area contributed by atoms with Crippen LogP contribution in [0.4, 0.5) is 10.1 Å². The second-order valence-electron chi connectivity index (χ2n) is 5.28. The molecular weight excluding hydrogens is 327 g/mol. The minimum Gasteiger partial charge on any atom is -0.396 e. The van der Waals surface area contributed by atoms with Gasteiger partial charge in [-0.1, -0.05) is 30.3 Å². The maximum Gasteiger partial charge on any atom is 0.279 e. The average molecular weight is 344 g/mol. The van der Waals surface area contributed by atoms with Gasteiger partial charge in [-0.3, -0.25) is 14.9 Å². The van der Waals surface area contributed by atoms with Crippen molar-refractivity contribution in [2.75, 3.05) is 6.61 Å². The minimum atomic E-state index is -0.722. The molecule has 25 heavy (non-hydrogen) atoms. The van der Waals surface area contributed by atoms with Crippen molar-refractivity contribution in [3.05, 3.63) is 81.7 Å². The fourth-order valence-electron chi connectivity index (χ4n) is 2.34. The molecule has 2 rings (SSSR count). The Morgan fingerprint density at radius 2 is 2.00 bits per heavy atom. The summed E-state index contributed by atoms with van der Waals surface area (Å²) < 4.78 is 13.1. The van der Waals surface area contributed by atoms with Crippen LogP contribution in [0.2, 0.25) is 0 Å². The predicted molar refractivity (Wildman–Crippen MR) is 91.1 cm³/mol. The van der Waals surface area contributed by atoms with E-state index in [1.165, 1.54) is 12.1 Å². The predicted octanol–water partition coefficient (Wildman–Crippen LogP) is 2.99. The smallest absolute Gasteiger partial charge is 0.279 e. The van der Waals surface area contributed by atoms with Gasteiger partial charge in [-0.05, 0) is 30.2 Å². The van der Waals surface area contributed by atoms with Crippen LogP contribution in [0, 0.1) is 15.9 Å². The summed E-state index contributed by atoms with van der Waals surface area (Å²) in [4.78, 5) is 22.3. The van der Waals surface area contributed by atoms with Gasteiger partial charge in [0.15, 0.2) is 0 Å². The number of nitro benzene ring substituents is 1. The third-order valence-corrected chi connectivity index (χ3v) is 3.54. The number of aliphatic hydroxyl groups is 1. The van der Waals surface area contributed by atoms with Crippen molar-refractivity contribution in [2.45, 2.75) is 12.5 Å². The Labute approximate surface area is 143 Å². The second kappa shape index (κ2) is 8.70. The molecule has 0 aromatic heterocycles. The topological polar surface area (TPSA) is 92.5 Å². The molecule has 7 heteroatoms. The standard InChI is InChI=1S/C18H17FN2O4/c19-15-8-6-14(17(12-15)21(24)25)7-9-18(23)20-16(10-11-22)13-4-2-1-3-5-13/h1-9,12,16,22H,10-11H2,(H,20,23)/b9-7+. The van der Waals surface area contributed by atoms with Crippen LogP contribution in [0.5, 0.6) is 0 Å². The van der Waals surface area contributed by atoms with Gasteiger partial charge in [-0.15, -0.1) is 0 Å². The highest BCUT2D eigenvalue weighted by molar-refractivity contribution is 5.92. The molecule has 0 saturated heterocycles. The lowest BCUT2D eigenvalue weighted by atomic mass is 10.0. The molecule has 0 aliphatic rings. The van der Waals surface area contributed by atoms with Gasteiger partial charge in [0.1, 0.15) is 5.82 Å². The van der Waals surface area contributed by atoms with Gasteiger partial charge >= 0.3 is 0 Å². The van der Waals surface area contributed by atoms with E-state index in [9.17, 15) is 19.3 Å². The van der Waals surface area contributed by atoms with Gasteiger partial charge < -0.3 is 10.4 Å². The summed E-state index contributed by atoms with van der Waals surface area (Å²) in [7, 11) is 0. The van der Waals surface area contributed by atoms with E-state index in [1.807, 2.05) is 30.3 Å². The zero-order valence-electron chi connectivity index (χ0n) is 13.3. The van der Waals surface area contributed by atoms with E-state index < -0.39 is 22.3 Å². The first kappa shape index (κ1) is 18.3. The van der Waals surface area contributed by atoms with Crippen LogP contribution in [0.25, 0.3) is 6.08 Å². The number of nitrogens with zero attached hydrogens (tertiary/aromatic N) is 1. The number of nitro groups is 1. The number of hydrogen-bond donors (Lipinski definition) is 2. The van der Waals surface area contributed by atoms with E-state index in [4.69, 9.17) is 5.11 Å². The van der Waals surface area contributed by atoms with Crippen molar-refractivity contribution in [1.82, 2.24) is 5.32 Å². The van der Waals surface area contributed by atoms with Gasteiger partial charge in [0.25, 0.3) is 5.69 Å². The quantitative estimate of drug-likeness (QED) is 0.459. The van der Waals surface area contributed by atoms with Gasteiger partial charge in [-0.25, -0.2) is 4.39 Å². The maximum absolute atomic E-state index is 13.1. The molecule has 0 radical (unpaired) electrons. The van der Waals surface area contributed by atoms with Crippen LogP contribution in [-0.2, 0) is 4.79 Å². The molecular formula is C18H17FN2O4. The summed E-state index contributed by atoms with van der Waals surface area (Å²) in [5, 5.41) is 22.8. The van der Waals surface area contributed by atoms with Crippen LogP contribution in [0.1, 0.15) is 23.6 Å². The number of aliphatic hydroxyl groups excluding tert-OH is 1. The summed E-state index contributed by atoms with van der Waals surface area (Å²) in [6, 6.07) is 11.9. The van der Waals surface area contributed by atoms with Crippen molar-refractivity contribution in [3.8, 4) is 0 Å². The Balaban J connectivity index is 2.13. The van der Waals surface area contributed by atoms with Crippen LogP contribution >= 0.6 is 0 Å². The molecule has 0 aliphatic carbocycles. The monoisotopic (exact) mass is 344 g/mol. The fourth-order valence-corrected chi connectivity index (χ4v) is 2.34. The summed E-state index contributed by atoms with van der Waals surface area (Å²) >= 11 is 0. The largest absolute Gasteiger partial charge is 0.396 e. The summed E-state index contributed by atoms with van der Waals surface area (Å²) in [5.74, 6) is -1.19. The summed E-state index contributed by atoms with van der Waals surface area (Å²) in [6.45, 7) is -0.104. The van der Waals surface area contributed by atoms with E-state index in [1.54, 1.807) is 0 Å². The molecule has 2 aromatic rings. The lowest BCUT2D eigenvalue weighted by Crippen LogP contribution is -2.27. The molecule has 1 unspecified atom stereocenters. The number of nitrogens with one attached hydrogen (secondary N) is 1. The highest BCUT2D eigenvalue weighted by atomic mass is 19.1. The molecule has 1 atom stereocenters. The molecule has 2 aromatic carbocycles. The van der Waals surface area contributed by atoms with E-state index in [0.717, 1.165) is 23.8 Å². The van der Waals surface area contributed by atoms with Crippen molar-refractivity contribution in [3.63, 3.8) is 0 Å². The highest BCUT2D eigenvalue weighted by Gasteiger charge is 2.15. The summed E-state index contributed by atoms with van der Waals surface area (Å²) in [5.41, 5.74) is 0.546. The first-order chi connectivity index (χ1) is 12.0. The van der Waals surface area contributed by atoms with Crippen LogP contribution in [0.15, 0.2) is 54.6 Å². The lowest BCUT2D eigenvalue weighted by molar-refractivity contribution is -0.385. The third-order valence-electron chi connectivity index (χ3n) is 3.54. The first-order valence-electron chi connectivity index (χ1n) is 7.59. The Kier molecular flexibility index (Phi) is 6.36. The van der Waals surface area contributed by atoms with Gasteiger partial charge in [-0.2, -0.15) is 0 Å². The molecule has 0 aliphatic heterocycles. The molecule has 6 nitrogen and oxygen atoms in total. The van der Waals surface area contributed by atoms with Crippen LogP contribution in [-0.4, -0.2) is 22.5 Å². The van der Waals surface area contributed by atoms with Gasteiger partial charge in [0, 0.05) is 12.7 Å². The Morgan fingerprint density at radius 3 is 2.64 bits per heavy atom. The minimum absolute atomic E-state index is 0.104. The molecule has 0 bridgehead atoms. The fraction of sp³-hybridized carbons (Fsp3) is 0.167. The van der Waals surface area contributed by atoms with Crippen molar-refractivity contribution >= 4 is 17.7 Å². The maximum atomic E-state index is 13.1. The SMILES string of the molecule is O=C(/C=C/c1ccc(F)cc1[N+](=O)[O-])NC(CCO)c1ccccc1. The van der Waals surface area contributed by atoms with Crippen molar-refractivity contribution in [2.24, 2.45) is 0 Å². The molecule has 0 heterocycles. The summed E-state index contributed by atoms with van der Waals surface area (Å²) in [6.07, 6.45) is 2.74. The van der Waals surface area contributed by atoms with Gasteiger partial charge in [0.2, 0.25) is 5.91 Å². The van der Waals surface area contributed by atoms with E-state index >= 15 is 0 Å². The van der Waals surface area contributed by atoms with E-state index in [0.29, 0.717) is 6.42 Å². The van der Waals surface area contributed by atoms with Gasteiger partial charge in [0.05, 0.1) is 22.6 Å². The molecule has 130 valence electrons. The molecule has 0 saturated carbocycles. The van der Waals surface area contributed by atoms with E-state index in [-0.39, 0.29) is 18.2 Å². The number of amides is 1. The first-order valence-corrected chi connectivity index (χ1v) is 7.59. The Morgan fingerprint density at radius 1 is 1.28 bits per heavy atom. The van der Waals surface area contributed by atoms with Crippen LogP contribution < -0.4 is 5.32 Å². The molecule has 1 amide bonds. The Hall–Kier alpha value is -3.06. The van der Waals surface area contributed by atoms with E-state index in [2.05, 4.69) is 5.32 Å². The third kappa shape index (κ3) is 5.22. The number of benzene rings is 2. The number of carbonyl (C=O) groups excluding carboxylic acids is 1. The molecule has 0 spiro atoms. The average Bonchev–Trinajstić information content (AvgIpc) is 2.61. The van der Waals surface area contributed by atoms with Crippen molar-refractivity contribution in [1.29, 1.82) is 0 Å². The van der Waals surface area contributed by atoms with Crippen molar-refractivity contribution < 1.29 is 19.2 Å². The lowest BCUT2D eigenvalue weighted by Gasteiger charge is -2.17. The molecule has 2 N–H and O–H groups in total.